The van der Waals surface area contributed by atoms with Crippen molar-refractivity contribution in [3.8, 4) is 5.75 Å². The molecule has 7 heteroatoms. The molecule has 3 aromatic carbocycles. The van der Waals surface area contributed by atoms with Crippen molar-refractivity contribution < 1.29 is 9.22 Å². The minimum Gasteiger partial charge on any atom is -0.544 e. The Morgan fingerprint density at radius 2 is 1.57 bits per heavy atom. The largest absolute Gasteiger partial charge is 0.544 e. The number of carbonyl (C=O) groups is 1. The third-order valence-electron chi connectivity index (χ3n) is 7.15. The zero-order valence-corrected chi connectivity index (χ0v) is 24.4. The van der Waals surface area contributed by atoms with Gasteiger partial charge in [0.1, 0.15) is 5.75 Å². The fourth-order valence-corrected chi connectivity index (χ4v) is 5.73. The van der Waals surface area contributed by atoms with Crippen LogP contribution in [0.15, 0.2) is 76.7 Å². The van der Waals surface area contributed by atoms with E-state index in [0.717, 1.165) is 16.9 Å². The van der Waals surface area contributed by atoms with Gasteiger partial charge in [0.2, 0.25) is 8.32 Å². The Balaban J connectivity index is 1.44. The lowest BCUT2D eigenvalue weighted by atomic mass is 10.0. The highest BCUT2D eigenvalue weighted by Crippen LogP contribution is 2.37. The molecule has 192 valence electrons. The van der Waals surface area contributed by atoms with Gasteiger partial charge >= 0.3 is 0 Å². The number of carbonyl (C=O) groups excluding carboxylic acids is 1. The molecule has 0 N–H and O–H groups in total. The van der Waals surface area contributed by atoms with Gasteiger partial charge in [0, 0.05) is 23.9 Å². The first-order valence-electron chi connectivity index (χ1n) is 12.4. The second-order valence-corrected chi connectivity index (χ2v) is 16.6. The van der Waals surface area contributed by atoms with Crippen LogP contribution in [-0.2, 0) is 12.8 Å². The number of thioether (sulfide) groups is 1. The molecule has 0 aliphatic carbocycles. The Bertz CT molecular complexity index is 1500. The molecule has 0 atom stereocenters. The Labute approximate surface area is 224 Å². The molecule has 1 aromatic heterocycles. The SMILES string of the molecule is Cc1cccc2nc(SCc3ccc(C(=O)c4ccc(O[Si](C)(C)C(C)(C)C)cc4)cc3)n(C)c(=O)c12. The van der Waals surface area contributed by atoms with Gasteiger partial charge < -0.3 is 4.43 Å². The summed E-state index contributed by atoms with van der Waals surface area (Å²) in [5.74, 6) is 1.43. The van der Waals surface area contributed by atoms with Gasteiger partial charge in [-0.1, -0.05) is 68.9 Å². The predicted octanol–water partition coefficient (Wildman–Crippen LogP) is 7.15. The Kier molecular flexibility index (Phi) is 7.49. The normalized spacial score (nSPS) is 12.1. The number of benzene rings is 3. The minimum absolute atomic E-state index is 0.0213. The van der Waals surface area contributed by atoms with Crippen LogP contribution in [0.4, 0.5) is 0 Å². The van der Waals surface area contributed by atoms with Crippen LogP contribution in [0.2, 0.25) is 18.1 Å². The molecule has 0 amide bonds. The molecule has 37 heavy (non-hydrogen) atoms. The zero-order chi connectivity index (χ0) is 27.0. The molecule has 5 nitrogen and oxygen atoms in total. The fourth-order valence-electron chi connectivity index (χ4n) is 3.77. The van der Waals surface area contributed by atoms with Gasteiger partial charge in [-0.15, -0.1) is 0 Å². The van der Waals surface area contributed by atoms with Gasteiger partial charge in [-0.3, -0.25) is 14.2 Å². The minimum atomic E-state index is -1.93. The van der Waals surface area contributed by atoms with Crippen molar-refractivity contribution in [2.24, 2.45) is 7.05 Å². The molecule has 4 aromatic rings. The maximum Gasteiger partial charge on any atom is 0.262 e. The summed E-state index contributed by atoms with van der Waals surface area (Å²) in [6, 6.07) is 20.8. The first-order chi connectivity index (χ1) is 17.4. The third kappa shape index (κ3) is 5.73. The second-order valence-electron chi connectivity index (χ2n) is 10.9. The summed E-state index contributed by atoms with van der Waals surface area (Å²) >= 11 is 1.51. The van der Waals surface area contributed by atoms with E-state index in [0.29, 0.717) is 32.9 Å². The van der Waals surface area contributed by atoms with E-state index in [1.807, 2.05) is 73.7 Å². The quantitative estimate of drug-likeness (QED) is 0.110. The van der Waals surface area contributed by atoms with Gasteiger partial charge in [-0.25, -0.2) is 4.98 Å². The molecule has 0 radical (unpaired) electrons. The lowest BCUT2D eigenvalue weighted by Gasteiger charge is -2.36. The van der Waals surface area contributed by atoms with Crippen LogP contribution in [-0.4, -0.2) is 23.7 Å². The summed E-state index contributed by atoms with van der Waals surface area (Å²) in [6.45, 7) is 13.0. The van der Waals surface area contributed by atoms with Crippen molar-refractivity contribution >= 4 is 36.8 Å². The molecule has 0 aliphatic heterocycles. The van der Waals surface area contributed by atoms with Crippen molar-refractivity contribution in [2.45, 2.75) is 56.7 Å². The van der Waals surface area contributed by atoms with Gasteiger partial charge in [-0.05, 0) is 66.5 Å². The van der Waals surface area contributed by atoms with Crippen LogP contribution in [0.5, 0.6) is 5.75 Å². The van der Waals surface area contributed by atoms with Gasteiger partial charge in [0.25, 0.3) is 5.56 Å². The van der Waals surface area contributed by atoms with E-state index in [1.165, 1.54) is 11.8 Å². The molecule has 1 heterocycles. The molecule has 0 saturated heterocycles. The summed E-state index contributed by atoms with van der Waals surface area (Å²) in [7, 11) is -0.169. The van der Waals surface area contributed by atoms with Gasteiger partial charge in [-0.2, -0.15) is 0 Å². The standard InChI is InChI=1S/C30H34N2O3SSi/c1-20-9-8-10-25-26(20)28(34)32(5)29(31-25)36-19-21-11-13-22(14-12-21)27(33)23-15-17-24(18-16-23)35-37(6,7)30(2,3)4/h8-18H,19H2,1-7H3. The maximum atomic E-state index is 13.0. The average molecular weight is 531 g/mol. The van der Waals surface area contributed by atoms with Crippen molar-refractivity contribution in [2.75, 3.05) is 0 Å². The van der Waals surface area contributed by atoms with E-state index >= 15 is 0 Å². The first-order valence-corrected chi connectivity index (χ1v) is 16.3. The van der Waals surface area contributed by atoms with E-state index in [1.54, 1.807) is 11.6 Å². The zero-order valence-electron chi connectivity index (χ0n) is 22.6. The number of fused-ring (bicyclic) bond motifs is 1. The van der Waals surface area contributed by atoms with Crippen LogP contribution in [0.25, 0.3) is 10.9 Å². The monoisotopic (exact) mass is 530 g/mol. The third-order valence-corrected chi connectivity index (χ3v) is 12.6. The van der Waals surface area contributed by atoms with Crippen LogP contribution in [0.3, 0.4) is 0 Å². The van der Waals surface area contributed by atoms with Gasteiger partial charge in [0.15, 0.2) is 10.9 Å². The summed E-state index contributed by atoms with van der Waals surface area (Å²) in [4.78, 5) is 30.6. The topological polar surface area (TPSA) is 61.2 Å². The highest BCUT2D eigenvalue weighted by atomic mass is 32.2. The first kappa shape index (κ1) is 26.9. The summed E-state index contributed by atoms with van der Waals surface area (Å²) in [6.07, 6.45) is 0. The smallest absolute Gasteiger partial charge is 0.262 e. The van der Waals surface area contributed by atoms with Crippen LogP contribution in [0, 0.1) is 6.92 Å². The van der Waals surface area contributed by atoms with Crippen molar-refractivity contribution in [1.82, 2.24) is 9.55 Å². The number of hydrogen-bond donors (Lipinski definition) is 0. The van der Waals surface area contributed by atoms with Crippen molar-refractivity contribution in [1.29, 1.82) is 0 Å². The lowest BCUT2D eigenvalue weighted by molar-refractivity contribution is 0.103. The molecule has 0 saturated carbocycles. The van der Waals surface area contributed by atoms with E-state index in [2.05, 4.69) is 33.9 Å². The number of aryl methyl sites for hydroxylation is 1. The number of rotatable bonds is 7. The number of ketones is 1. The van der Waals surface area contributed by atoms with Crippen LogP contribution >= 0.6 is 11.8 Å². The predicted molar refractivity (Wildman–Crippen MR) is 155 cm³/mol. The molecule has 0 bridgehead atoms. The second kappa shape index (κ2) is 10.3. The summed E-state index contributed by atoms with van der Waals surface area (Å²) < 4.78 is 7.94. The highest BCUT2D eigenvalue weighted by Gasteiger charge is 2.38. The molecule has 4 rings (SSSR count). The van der Waals surface area contributed by atoms with Crippen molar-refractivity contribution in [3.05, 3.63) is 99.3 Å². The number of hydrogen-bond acceptors (Lipinski definition) is 5. The summed E-state index contributed by atoms with van der Waals surface area (Å²) in [5.41, 5.74) is 3.94. The number of aromatic nitrogens is 2. The molecule has 0 aliphatic rings. The maximum absolute atomic E-state index is 13.0. The van der Waals surface area contributed by atoms with E-state index in [9.17, 15) is 9.59 Å². The van der Waals surface area contributed by atoms with E-state index < -0.39 is 8.32 Å². The molecule has 0 unspecified atom stereocenters. The van der Waals surface area contributed by atoms with Crippen LogP contribution in [0.1, 0.15) is 47.8 Å². The summed E-state index contributed by atoms with van der Waals surface area (Å²) in [5, 5.41) is 1.44. The van der Waals surface area contributed by atoms with E-state index in [4.69, 9.17) is 9.41 Å². The Hall–Kier alpha value is -3.16. The van der Waals surface area contributed by atoms with Crippen LogP contribution < -0.4 is 9.99 Å². The lowest BCUT2D eigenvalue weighted by Crippen LogP contribution is -2.43. The number of nitrogens with zero attached hydrogens (tertiary/aromatic N) is 2. The fraction of sp³-hybridized carbons (Fsp3) is 0.300. The van der Waals surface area contributed by atoms with Gasteiger partial charge in [0.05, 0.1) is 10.9 Å². The Morgan fingerprint density at radius 1 is 0.973 bits per heavy atom. The Morgan fingerprint density at radius 3 is 2.16 bits per heavy atom. The molecule has 0 spiro atoms. The molecular weight excluding hydrogens is 496 g/mol. The molecule has 0 fully saturated rings. The average Bonchev–Trinajstić information content (AvgIpc) is 2.85. The van der Waals surface area contributed by atoms with E-state index in [-0.39, 0.29) is 16.4 Å². The molecular formula is C30H34N2O3SSi. The highest BCUT2D eigenvalue weighted by molar-refractivity contribution is 7.98. The van der Waals surface area contributed by atoms with Crippen molar-refractivity contribution in [3.63, 3.8) is 0 Å².